The molecule has 9 heteroatoms. The molecule has 1 aliphatic heterocycles. The second-order valence-corrected chi connectivity index (χ2v) is 7.94. The summed E-state index contributed by atoms with van der Waals surface area (Å²) in [5.41, 5.74) is 2.08. The first kappa shape index (κ1) is 21.6. The van der Waals surface area contributed by atoms with Crippen LogP contribution in [0.4, 0.5) is 11.4 Å². The average molecular weight is 453 g/mol. The third-order valence-corrected chi connectivity index (χ3v) is 5.38. The van der Waals surface area contributed by atoms with E-state index in [1.54, 1.807) is 0 Å². The lowest BCUT2D eigenvalue weighted by atomic mass is 10.2. The molecule has 1 amide bonds. The summed E-state index contributed by atoms with van der Waals surface area (Å²) in [5, 5.41) is 6.56. The highest BCUT2D eigenvalue weighted by Crippen LogP contribution is 2.32. The molecule has 1 heterocycles. The minimum absolute atomic E-state index is 0.176. The minimum Gasteiger partial charge on any atom is -0.494 e. The third kappa shape index (κ3) is 5.30. The summed E-state index contributed by atoms with van der Waals surface area (Å²) in [7, 11) is 3.55. The third-order valence-electron chi connectivity index (χ3n) is 4.68. The van der Waals surface area contributed by atoms with Crippen molar-refractivity contribution in [2.24, 2.45) is 0 Å². The molecule has 1 aliphatic rings. The van der Waals surface area contributed by atoms with Gasteiger partial charge in [0.25, 0.3) is 5.91 Å². The van der Waals surface area contributed by atoms with Gasteiger partial charge in [0.2, 0.25) is 0 Å². The first-order valence-electron chi connectivity index (χ1n) is 9.07. The zero-order valence-electron chi connectivity index (χ0n) is 16.2. The van der Waals surface area contributed by atoms with Crippen LogP contribution in [-0.2, 0) is 0 Å². The van der Waals surface area contributed by atoms with Crippen molar-refractivity contribution in [2.45, 2.75) is 0 Å². The van der Waals surface area contributed by atoms with Gasteiger partial charge in [0.15, 0.2) is 5.11 Å². The number of para-hydroxylation sites is 2. The normalized spacial score (nSPS) is 14.4. The number of benzene rings is 2. The van der Waals surface area contributed by atoms with E-state index in [0.717, 1.165) is 37.6 Å². The van der Waals surface area contributed by atoms with Gasteiger partial charge in [-0.3, -0.25) is 10.1 Å². The molecule has 0 radical (unpaired) electrons. The Morgan fingerprint density at radius 2 is 1.83 bits per heavy atom. The van der Waals surface area contributed by atoms with Crippen molar-refractivity contribution >= 4 is 57.8 Å². The molecule has 0 bridgehead atoms. The second-order valence-electron chi connectivity index (χ2n) is 6.68. The van der Waals surface area contributed by atoms with Crippen LogP contribution in [0.2, 0.25) is 10.0 Å². The average Bonchev–Trinajstić information content (AvgIpc) is 2.68. The maximum Gasteiger partial charge on any atom is 0.261 e. The van der Waals surface area contributed by atoms with E-state index in [-0.39, 0.29) is 21.4 Å². The molecule has 29 heavy (non-hydrogen) atoms. The number of hydrogen-bond donors (Lipinski definition) is 2. The number of halogens is 2. The molecule has 0 unspecified atom stereocenters. The Kier molecular flexibility index (Phi) is 7.18. The SMILES string of the molecule is COc1c(Cl)cc(Cl)cc1C(=O)NC(=S)Nc1ccccc1N1CCN(C)CC1. The summed E-state index contributed by atoms with van der Waals surface area (Å²) in [6.45, 7) is 3.83. The number of hydrogen-bond acceptors (Lipinski definition) is 5. The smallest absolute Gasteiger partial charge is 0.261 e. The minimum atomic E-state index is -0.458. The maximum absolute atomic E-state index is 12.7. The van der Waals surface area contributed by atoms with E-state index in [2.05, 4.69) is 27.5 Å². The van der Waals surface area contributed by atoms with Crippen LogP contribution in [0.15, 0.2) is 36.4 Å². The first-order chi connectivity index (χ1) is 13.9. The van der Waals surface area contributed by atoms with Crippen molar-refractivity contribution in [1.29, 1.82) is 0 Å². The second kappa shape index (κ2) is 9.63. The molecule has 2 N–H and O–H groups in total. The largest absolute Gasteiger partial charge is 0.494 e. The van der Waals surface area contributed by atoms with Crippen LogP contribution >= 0.6 is 35.4 Å². The van der Waals surface area contributed by atoms with Crippen molar-refractivity contribution in [3.05, 3.63) is 52.0 Å². The number of rotatable bonds is 4. The number of carbonyl (C=O) groups is 1. The van der Waals surface area contributed by atoms with Gasteiger partial charge in [-0.15, -0.1) is 0 Å². The van der Waals surface area contributed by atoms with Crippen LogP contribution in [0.25, 0.3) is 0 Å². The number of nitrogens with one attached hydrogen (secondary N) is 2. The molecule has 3 rings (SSSR count). The van der Waals surface area contributed by atoms with Gasteiger partial charge < -0.3 is 19.9 Å². The number of nitrogens with zero attached hydrogens (tertiary/aromatic N) is 2. The van der Waals surface area contributed by atoms with Crippen molar-refractivity contribution < 1.29 is 9.53 Å². The summed E-state index contributed by atoms with van der Waals surface area (Å²) in [5.74, 6) is -0.213. The molecule has 0 saturated carbocycles. The number of ether oxygens (including phenoxy) is 1. The van der Waals surface area contributed by atoms with E-state index in [0.29, 0.717) is 5.02 Å². The summed E-state index contributed by atoms with van der Waals surface area (Å²) < 4.78 is 5.23. The lowest BCUT2D eigenvalue weighted by molar-refractivity contribution is 0.0975. The van der Waals surface area contributed by atoms with Gasteiger partial charge in [0.1, 0.15) is 5.75 Å². The zero-order chi connectivity index (χ0) is 21.0. The van der Waals surface area contributed by atoms with E-state index < -0.39 is 5.91 Å². The van der Waals surface area contributed by atoms with Crippen molar-refractivity contribution in [3.63, 3.8) is 0 Å². The monoisotopic (exact) mass is 452 g/mol. The summed E-state index contributed by atoms with van der Waals surface area (Å²) in [6.07, 6.45) is 0. The van der Waals surface area contributed by atoms with E-state index in [4.69, 9.17) is 40.2 Å². The maximum atomic E-state index is 12.7. The Hall–Kier alpha value is -2.06. The lowest BCUT2D eigenvalue weighted by Crippen LogP contribution is -2.45. The van der Waals surface area contributed by atoms with E-state index >= 15 is 0 Å². The number of anilines is 2. The topological polar surface area (TPSA) is 56.8 Å². The fraction of sp³-hybridized carbons (Fsp3) is 0.300. The van der Waals surface area contributed by atoms with Gasteiger partial charge in [-0.1, -0.05) is 35.3 Å². The van der Waals surface area contributed by atoms with Gasteiger partial charge in [0.05, 0.1) is 29.1 Å². The van der Waals surface area contributed by atoms with Crippen LogP contribution in [0.5, 0.6) is 5.75 Å². The Balaban J connectivity index is 1.73. The fourth-order valence-corrected chi connectivity index (χ4v) is 3.94. The summed E-state index contributed by atoms with van der Waals surface area (Å²) >= 11 is 17.5. The van der Waals surface area contributed by atoms with Gasteiger partial charge in [-0.05, 0) is 43.5 Å². The van der Waals surface area contributed by atoms with Crippen LogP contribution in [0, 0.1) is 0 Å². The molecule has 6 nitrogen and oxygen atoms in total. The number of piperazine rings is 1. The Labute approximate surface area is 185 Å². The highest BCUT2D eigenvalue weighted by molar-refractivity contribution is 7.80. The Morgan fingerprint density at radius 1 is 1.14 bits per heavy atom. The van der Waals surface area contributed by atoms with Gasteiger partial charge in [0, 0.05) is 31.2 Å². The highest BCUT2D eigenvalue weighted by Gasteiger charge is 2.20. The standard InChI is InChI=1S/C20H22Cl2N4O2S/c1-25-7-9-26(10-8-25)17-6-4-3-5-16(17)23-20(29)24-19(27)14-11-13(21)12-15(22)18(14)28-2/h3-6,11-12H,7-10H2,1-2H3,(H2,23,24,27,29). The Morgan fingerprint density at radius 3 is 2.52 bits per heavy atom. The van der Waals surface area contributed by atoms with Crippen molar-refractivity contribution in [2.75, 3.05) is 50.6 Å². The predicted molar refractivity (Wildman–Crippen MR) is 123 cm³/mol. The van der Waals surface area contributed by atoms with Crippen LogP contribution in [-0.4, -0.2) is 56.3 Å². The van der Waals surface area contributed by atoms with Gasteiger partial charge >= 0.3 is 0 Å². The van der Waals surface area contributed by atoms with E-state index in [9.17, 15) is 4.79 Å². The number of methoxy groups -OCH3 is 1. The molecule has 0 aliphatic carbocycles. The molecule has 1 saturated heterocycles. The quantitative estimate of drug-likeness (QED) is 0.686. The number of carbonyl (C=O) groups excluding carboxylic acids is 1. The molecule has 0 spiro atoms. The first-order valence-corrected chi connectivity index (χ1v) is 10.2. The van der Waals surface area contributed by atoms with E-state index in [1.165, 1.54) is 19.2 Å². The Bertz CT molecular complexity index is 917. The predicted octanol–water partition coefficient (Wildman–Crippen LogP) is 3.88. The summed E-state index contributed by atoms with van der Waals surface area (Å²) in [4.78, 5) is 17.3. The molecule has 0 atom stereocenters. The molecule has 0 aromatic heterocycles. The number of likely N-dealkylation sites (N-methyl/N-ethyl adjacent to an activating group) is 1. The van der Waals surface area contributed by atoms with Crippen molar-refractivity contribution in [1.82, 2.24) is 10.2 Å². The molecule has 1 fully saturated rings. The lowest BCUT2D eigenvalue weighted by Gasteiger charge is -2.35. The zero-order valence-corrected chi connectivity index (χ0v) is 18.5. The molecule has 2 aromatic rings. The molecule has 154 valence electrons. The molecule has 2 aromatic carbocycles. The van der Waals surface area contributed by atoms with Gasteiger partial charge in [-0.2, -0.15) is 0 Å². The summed E-state index contributed by atoms with van der Waals surface area (Å²) in [6, 6.07) is 10.9. The van der Waals surface area contributed by atoms with E-state index in [1.807, 2.05) is 24.3 Å². The van der Waals surface area contributed by atoms with Gasteiger partial charge in [-0.25, -0.2) is 0 Å². The van der Waals surface area contributed by atoms with Crippen LogP contribution < -0.4 is 20.3 Å². The molecular weight excluding hydrogens is 431 g/mol. The fourth-order valence-electron chi connectivity index (χ4n) is 3.16. The van der Waals surface area contributed by atoms with Crippen LogP contribution in [0.3, 0.4) is 0 Å². The number of amides is 1. The highest BCUT2D eigenvalue weighted by atomic mass is 35.5. The number of thiocarbonyl (C=S) groups is 1. The van der Waals surface area contributed by atoms with Crippen molar-refractivity contribution in [3.8, 4) is 5.75 Å². The van der Waals surface area contributed by atoms with Crippen LogP contribution in [0.1, 0.15) is 10.4 Å². The molecular formula is C20H22Cl2N4O2S.